The van der Waals surface area contributed by atoms with E-state index in [4.69, 9.17) is 32.7 Å². The number of likely N-dealkylation sites (tertiary alicyclic amines) is 1. The van der Waals surface area contributed by atoms with Crippen LogP contribution in [-0.4, -0.2) is 90.7 Å². The fraction of sp³-hybridized carbons (Fsp3) is 0.633. The summed E-state index contributed by atoms with van der Waals surface area (Å²) in [7, 11) is 0. The minimum atomic E-state index is -1.20. The molecule has 2 N–H and O–H groups in total. The Bertz CT molecular complexity index is 1220. The van der Waals surface area contributed by atoms with Crippen molar-refractivity contribution in [2.45, 2.75) is 56.9 Å². The predicted octanol–water partition coefficient (Wildman–Crippen LogP) is 3.36. The number of benzene rings is 1. The average molecular weight is 606 g/mol. The molecule has 5 aliphatic rings. The molecule has 1 aromatic rings. The molecular weight excluding hydrogens is 567 g/mol. The van der Waals surface area contributed by atoms with Crippen molar-refractivity contribution in [1.29, 1.82) is 0 Å². The van der Waals surface area contributed by atoms with Crippen molar-refractivity contribution in [2.24, 2.45) is 23.7 Å². The number of carbonyl (C=O) groups is 3. The van der Waals surface area contributed by atoms with Crippen LogP contribution in [0, 0.1) is 23.7 Å². The van der Waals surface area contributed by atoms with Gasteiger partial charge >= 0.3 is 0 Å². The minimum absolute atomic E-state index is 0.0344. The summed E-state index contributed by atoms with van der Waals surface area (Å²) in [5.41, 5.74) is -0.758. The van der Waals surface area contributed by atoms with Gasteiger partial charge in [0.2, 0.25) is 17.7 Å². The van der Waals surface area contributed by atoms with Gasteiger partial charge in [-0.15, -0.1) is 0 Å². The average Bonchev–Trinajstić information content (AvgIpc) is 3.57. The summed E-state index contributed by atoms with van der Waals surface area (Å²) >= 11 is 12.3. The molecule has 2 bridgehead atoms. The molecular formula is C30H38Cl2N4O5. The lowest BCUT2D eigenvalue weighted by Crippen LogP contribution is -2.58. The topological polar surface area (TPSA) is 100 Å². The third-order valence-corrected chi connectivity index (χ3v) is 10.3. The summed E-state index contributed by atoms with van der Waals surface area (Å²) in [6, 6.07) is 3.98. The molecule has 8 atom stereocenters. The highest BCUT2D eigenvalue weighted by Crippen LogP contribution is 2.55. The van der Waals surface area contributed by atoms with Gasteiger partial charge in [-0.25, -0.2) is 0 Å². The van der Waals surface area contributed by atoms with E-state index in [9.17, 15) is 14.4 Å². The van der Waals surface area contributed by atoms with Crippen LogP contribution >= 0.6 is 23.2 Å². The Morgan fingerprint density at radius 2 is 1.78 bits per heavy atom. The summed E-state index contributed by atoms with van der Waals surface area (Å²) in [6.45, 7) is 8.23. The Kier molecular flexibility index (Phi) is 8.11. The molecule has 0 radical (unpaired) electrons. The number of nitrogens with zero attached hydrogens (tertiary/aromatic N) is 2. The van der Waals surface area contributed by atoms with Crippen LogP contribution < -0.4 is 10.6 Å². The number of amides is 3. The maximum Gasteiger partial charge on any atom is 0.246 e. The zero-order chi connectivity index (χ0) is 28.9. The highest BCUT2D eigenvalue weighted by Gasteiger charge is 2.72. The monoisotopic (exact) mass is 604 g/mol. The van der Waals surface area contributed by atoms with Crippen molar-refractivity contribution in [3.05, 3.63) is 40.4 Å². The fourth-order valence-corrected chi connectivity index (χ4v) is 8.01. The third-order valence-electron chi connectivity index (χ3n) is 9.85. The van der Waals surface area contributed by atoms with Gasteiger partial charge in [-0.3, -0.25) is 19.3 Å². The molecule has 41 heavy (non-hydrogen) atoms. The van der Waals surface area contributed by atoms with Crippen LogP contribution in [0.3, 0.4) is 0 Å². The Labute approximate surface area is 250 Å². The summed E-state index contributed by atoms with van der Waals surface area (Å²) in [5, 5.41) is 6.97. The molecule has 4 heterocycles. The first-order chi connectivity index (χ1) is 19.7. The van der Waals surface area contributed by atoms with Crippen molar-refractivity contribution in [1.82, 2.24) is 15.1 Å². The van der Waals surface area contributed by atoms with E-state index in [1.165, 1.54) is 0 Å². The second-order valence-corrected chi connectivity index (χ2v) is 13.1. The van der Waals surface area contributed by atoms with Crippen molar-refractivity contribution < 1.29 is 23.9 Å². The van der Waals surface area contributed by atoms with Crippen molar-refractivity contribution in [3.8, 4) is 0 Å². The molecule has 1 saturated carbocycles. The number of fused-ring (bicyclic) bond motifs is 1. The number of hydrogen-bond donors (Lipinski definition) is 2. The van der Waals surface area contributed by atoms with Crippen molar-refractivity contribution in [2.75, 3.05) is 44.7 Å². The molecule has 11 heteroatoms. The van der Waals surface area contributed by atoms with E-state index in [2.05, 4.69) is 29.4 Å². The highest BCUT2D eigenvalue weighted by atomic mass is 35.5. The van der Waals surface area contributed by atoms with Crippen LogP contribution in [0.1, 0.15) is 33.1 Å². The van der Waals surface area contributed by atoms with Crippen LogP contribution in [0.15, 0.2) is 30.4 Å². The summed E-state index contributed by atoms with van der Waals surface area (Å²) in [5.74, 6) is -1.55. The maximum absolute atomic E-state index is 14.2. The molecule has 9 nitrogen and oxygen atoms in total. The Morgan fingerprint density at radius 1 is 1.05 bits per heavy atom. The van der Waals surface area contributed by atoms with E-state index in [0.29, 0.717) is 53.9 Å². The Morgan fingerprint density at radius 3 is 2.51 bits per heavy atom. The molecule has 4 fully saturated rings. The quantitative estimate of drug-likeness (QED) is 0.463. The van der Waals surface area contributed by atoms with Crippen LogP contribution in [-0.2, 0) is 23.9 Å². The smallest absolute Gasteiger partial charge is 0.246 e. The lowest BCUT2D eigenvalue weighted by atomic mass is 9.73. The molecule has 6 rings (SSSR count). The molecule has 222 valence electrons. The summed E-state index contributed by atoms with van der Waals surface area (Å²) < 4.78 is 12.0. The largest absolute Gasteiger partial charge is 0.379 e. The first kappa shape index (κ1) is 28.9. The number of ether oxygens (including phenoxy) is 2. The highest BCUT2D eigenvalue weighted by molar-refractivity contribution is 6.35. The molecule has 0 unspecified atom stereocenters. The van der Waals surface area contributed by atoms with Gasteiger partial charge in [0.25, 0.3) is 0 Å². The SMILES string of the molecule is C[C@@H]1[C@H](C)CCC[C@@H]1NC(=O)[C@@H]1N(CCN2CCOCC2)C(=O)[C@H]2[C@H](C(=O)Nc3cc(Cl)cc(Cl)c3)[C@H]3C=C[C@@]12O3. The molecule has 3 saturated heterocycles. The normalized spacial score (nSPS) is 36.4. The van der Waals surface area contributed by atoms with E-state index in [0.717, 1.165) is 32.4 Å². The van der Waals surface area contributed by atoms with Gasteiger partial charge in [0.1, 0.15) is 11.6 Å². The standard InChI is InChI=1S/C30H38Cl2N4O5/c1-17-4-3-5-22(18(17)2)34-28(38)26-30-7-6-23(41-30)24(27(37)33-21-15-19(31)14-20(32)16-21)25(30)29(39)36(26)9-8-35-10-12-40-13-11-35/h6-7,14-18,22-26H,3-5,8-13H2,1-2H3,(H,33,37)(H,34,38)/t17-,18-,22+,23-,24-,25-,26+,30+/m1/s1. The molecule has 3 amide bonds. The molecule has 1 spiro atoms. The first-order valence-corrected chi connectivity index (χ1v) is 15.5. The number of halogens is 2. The maximum atomic E-state index is 14.2. The van der Waals surface area contributed by atoms with Gasteiger partial charge in [0, 0.05) is 48.0 Å². The Hall–Kier alpha value is -2.17. The van der Waals surface area contributed by atoms with E-state index < -0.39 is 29.6 Å². The predicted molar refractivity (Wildman–Crippen MR) is 156 cm³/mol. The number of morpholine rings is 1. The van der Waals surface area contributed by atoms with E-state index >= 15 is 0 Å². The minimum Gasteiger partial charge on any atom is -0.379 e. The zero-order valence-electron chi connectivity index (χ0n) is 23.5. The van der Waals surface area contributed by atoms with Crippen molar-refractivity contribution >= 4 is 46.6 Å². The van der Waals surface area contributed by atoms with E-state index in [1.807, 2.05) is 12.2 Å². The van der Waals surface area contributed by atoms with Crippen LogP contribution in [0.5, 0.6) is 0 Å². The second kappa shape index (κ2) is 11.5. The second-order valence-electron chi connectivity index (χ2n) is 12.2. The molecule has 0 aromatic heterocycles. The number of nitrogens with one attached hydrogen (secondary N) is 2. The first-order valence-electron chi connectivity index (χ1n) is 14.7. The van der Waals surface area contributed by atoms with Gasteiger partial charge in [0.15, 0.2) is 0 Å². The van der Waals surface area contributed by atoms with Gasteiger partial charge < -0.3 is 25.0 Å². The van der Waals surface area contributed by atoms with Gasteiger partial charge in [-0.1, -0.05) is 62.0 Å². The lowest BCUT2D eigenvalue weighted by molar-refractivity contribution is -0.142. The molecule has 4 aliphatic heterocycles. The Balaban J connectivity index is 1.28. The van der Waals surface area contributed by atoms with Crippen molar-refractivity contribution in [3.63, 3.8) is 0 Å². The van der Waals surface area contributed by atoms with Gasteiger partial charge in [-0.05, 0) is 36.5 Å². The van der Waals surface area contributed by atoms with Gasteiger partial charge in [0.05, 0.1) is 31.2 Å². The summed E-state index contributed by atoms with van der Waals surface area (Å²) in [6.07, 6.45) is 6.19. The molecule has 1 aliphatic carbocycles. The van der Waals surface area contributed by atoms with E-state index in [-0.39, 0.29) is 23.8 Å². The van der Waals surface area contributed by atoms with Gasteiger partial charge in [-0.2, -0.15) is 0 Å². The zero-order valence-corrected chi connectivity index (χ0v) is 25.0. The summed E-state index contributed by atoms with van der Waals surface area (Å²) in [4.78, 5) is 46.0. The van der Waals surface area contributed by atoms with Crippen LogP contribution in [0.4, 0.5) is 5.69 Å². The van der Waals surface area contributed by atoms with E-state index in [1.54, 1.807) is 23.1 Å². The number of rotatable bonds is 7. The third kappa shape index (κ3) is 5.29. The molecule has 1 aromatic carbocycles. The van der Waals surface area contributed by atoms with Crippen LogP contribution in [0.25, 0.3) is 0 Å². The fourth-order valence-electron chi connectivity index (χ4n) is 7.48. The number of anilines is 1. The number of carbonyl (C=O) groups excluding carboxylic acids is 3. The number of hydrogen-bond acceptors (Lipinski definition) is 6. The lowest BCUT2D eigenvalue weighted by Gasteiger charge is -2.38. The van der Waals surface area contributed by atoms with Crippen LogP contribution in [0.2, 0.25) is 10.0 Å².